The van der Waals surface area contributed by atoms with Crippen molar-refractivity contribution >= 4 is 57.8 Å². The van der Waals surface area contributed by atoms with Gasteiger partial charge in [-0.25, -0.2) is 0 Å². The fourth-order valence-electron chi connectivity index (χ4n) is 1.90. The summed E-state index contributed by atoms with van der Waals surface area (Å²) < 4.78 is 0. The molecular weight excluding hydrogens is 373 g/mol. The smallest absolute Gasteiger partial charge is 0.288 e. The molecule has 0 unspecified atom stereocenters. The molecule has 0 atom stereocenters. The first kappa shape index (κ1) is 18.1. The highest BCUT2D eigenvalue weighted by molar-refractivity contribution is 7.80. The molecule has 0 aliphatic carbocycles. The van der Waals surface area contributed by atoms with Crippen LogP contribution in [0.3, 0.4) is 0 Å². The Balaban J connectivity index is 2.11. The molecule has 2 aromatic rings. The highest BCUT2D eigenvalue weighted by Gasteiger charge is 2.16. The van der Waals surface area contributed by atoms with Gasteiger partial charge in [0.25, 0.3) is 11.6 Å². The SMILES string of the molecule is Cc1cc([N+](=O)[O-])c(Cl)cc1NC(=S)NC(=O)c1cccc(Cl)c1. The van der Waals surface area contributed by atoms with Gasteiger partial charge in [-0.05, 0) is 49.0 Å². The number of rotatable bonds is 3. The molecule has 0 radical (unpaired) electrons. The number of aryl methyl sites for hydroxylation is 1. The molecule has 0 aromatic heterocycles. The summed E-state index contributed by atoms with van der Waals surface area (Å²) in [5.74, 6) is -0.430. The first-order valence-electron chi connectivity index (χ1n) is 6.60. The summed E-state index contributed by atoms with van der Waals surface area (Å²) in [5, 5.41) is 16.6. The van der Waals surface area contributed by atoms with Gasteiger partial charge in [0.15, 0.2) is 5.11 Å². The Morgan fingerprint density at radius 3 is 2.58 bits per heavy atom. The van der Waals surface area contributed by atoms with Crippen LogP contribution >= 0.6 is 35.4 Å². The van der Waals surface area contributed by atoms with Crippen molar-refractivity contribution in [2.24, 2.45) is 0 Å². The number of carbonyl (C=O) groups is 1. The lowest BCUT2D eigenvalue weighted by atomic mass is 10.2. The number of thiocarbonyl (C=S) groups is 1. The Morgan fingerprint density at radius 2 is 1.96 bits per heavy atom. The number of hydrogen-bond acceptors (Lipinski definition) is 4. The summed E-state index contributed by atoms with van der Waals surface area (Å²) >= 11 is 16.8. The molecule has 0 aliphatic rings. The Morgan fingerprint density at radius 1 is 1.25 bits per heavy atom. The van der Waals surface area contributed by atoms with Gasteiger partial charge in [-0.3, -0.25) is 20.2 Å². The summed E-state index contributed by atoms with van der Waals surface area (Å²) in [5.41, 5.74) is 1.17. The minimum absolute atomic E-state index is 0.0305. The lowest BCUT2D eigenvalue weighted by Crippen LogP contribution is -2.34. The van der Waals surface area contributed by atoms with Crippen LogP contribution in [0, 0.1) is 17.0 Å². The average molecular weight is 384 g/mol. The van der Waals surface area contributed by atoms with Gasteiger partial charge < -0.3 is 5.32 Å². The van der Waals surface area contributed by atoms with Gasteiger partial charge in [0, 0.05) is 22.3 Å². The van der Waals surface area contributed by atoms with Gasteiger partial charge in [0.2, 0.25) is 0 Å². The highest BCUT2D eigenvalue weighted by Crippen LogP contribution is 2.30. The number of anilines is 1. The maximum Gasteiger partial charge on any atom is 0.288 e. The molecule has 124 valence electrons. The topological polar surface area (TPSA) is 84.3 Å². The van der Waals surface area contributed by atoms with E-state index in [0.29, 0.717) is 21.8 Å². The van der Waals surface area contributed by atoms with E-state index in [9.17, 15) is 14.9 Å². The Hall–Kier alpha value is -2.22. The zero-order chi connectivity index (χ0) is 17.9. The average Bonchev–Trinajstić information content (AvgIpc) is 2.50. The fraction of sp³-hybridized carbons (Fsp3) is 0.0667. The number of nitro benzene ring substituents is 1. The zero-order valence-electron chi connectivity index (χ0n) is 12.3. The van der Waals surface area contributed by atoms with Crippen LogP contribution in [0.5, 0.6) is 0 Å². The Kier molecular flexibility index (Phi) is 5.71. The van der Waals surface area contributed by atoms with Crippen molar-refractivity contribution in [2.45, 2.75) is 6.92 Å². The molecule has 0 spiro atoms. The van der Waals surface area contributed by atoms with Crippen LogP contribution in [-0.4, -0.2) is 15.9 Å². The van der Waals surface area contributed by atoms with Gasteiger partial charge in [-0.1, -0.05) is 29.3 Å². The normalized spacial score (nSPS) is 10.1. The fourth-order valence-corrected chi connectivity index (χ4v) is 2.53. The van der Waals surface area contributed by atoms with Crippen molar-refractivity contribution in [3.63, 3.8) is 0 Å². The lowest BCUT2D eigenvalue weighted by Gasteiger charge is -2.12. The summed E-state index contributed by atoms with van der Waals surface area (Å²) in [7, 11) is 0. The molecule has 0 bridgehead atoms. The number of carbonyl (C=O) groups excluding carboxylic acids is 1. The number of hydrogen-bond donors (Lipinski definition) is 2. The second-order valence-corrected chi connectivity index (χ2v) is 6.05. The van der Waals surface area contributed by atoms with E-state index >= 15 is 0 Å². The molecule has 0 saturated carbocycles. The number of nitrogens with one attached hydrogen (secondary N) is 2. The van der Waals surface area contributed by atoms with Gasteiger partial charge in [-0.15, -0.1) is 0 Å². The molecule has 6 nitrogen and oxygen atoms in total. The third-order valence-electron chi connectivity index (χ3n) is 3.05. The zero-order valence-corrected chi connectivity index (χ0v) is 14.6. The molecule has 2 rings (SSSR count). The van der Waals surface area contributed by atoms with Crippen LogP contribution in [0.25, 0.3) is 0 Å². The van der Waals surface area contributed by atoms with E-state index in [2.05, 4.69) is 10.6 Å². The minimum Gasteiger partial charge on any atom is -0.332 e. The van der Waals surface area contributed by atoms with Crippen molar-refractivity contribution in [3.8, 4) is 0 Å². The van der Waals surface area contributed by atoms with Crippen LogP contribution in [0.2, 0.25) is 10.0 Å². The van der Waals surface area contributed by atoms with E-state index in [1.165, 1.54) is 18.2 Å². The van der Waals surface area contributed by atoms with Crippen LogP contribution in [0.15, 0.2) is 36.4 Å². The number of nitro groups is 1. The summed E-state index contributed by atoms with van der Waals surface area (Å²) in [4.78, 5) is 22.4. The molecule has 0 heterocycles. The van der Waals surface area contributed by atoms with Crippen LogP contribution in [0.4, 0.5) is 11.4 Å². The molecule has 0 fully saturated rings. The van der Waals surface area contributed by atoms with E-state index in [1.807, 2.05) is 0 Å². The summed E-state index contributed by atoms with van der Waals surface area (Å²) in [6.07, 6.45) is 0. The maximum atomic E-state index is 12.1. The second-order valence-electron chi connectivity index (χ2n) is 4.79. The monoisotopic (exact) mass is 383 g/mol. The third-order valence-corrected chi connectivity index (χ3v) is 3.79. The highest BCUT2D eigenvalue weighted by atomic mass is 35.5. The van der Waals surface area contributed by atoms with Crippen molar-refractivity contribution in [1.29, 1.82) is 0 Å². The van der Waals surface area contributed by atoms with Crippen molar-refractivity contribution < 1.29 is 9.72 Å². The molecule has 24 heavy (non-hydrogen) atoms. The van der Waals surface area contributed by atoms with E-state index in [-0.39, 0.29) is 15.8 Å². The lowest BCUT2D eigenvalue weighted by molar-refractivity contribution is -0.384. The number of halogens is 2. The maximum absolute atomic E-state index is 12.1. The third kappa shape index (κ3) is 4.41. The summed E-state index contributed by atoms with van der Waals surface area (Å²) in [6, 6.07) is 9.11. The van der Waals surface area contributed by atoms with E-state index in [4.69, 9.17) is 35.4 Å². The summed E-state index contributed by atoms with van der Waals surface area (Å²) in [6.45, 7) is 1.66. The van der Waals surface area contributed by atoms with Gasteiger partial charge >= 0.3 is 0 Å². The predicted octanol–water partition coefficient (Wildman–Crippen LogP) is 4.34. The van der Waals surface area contributed by atoms with Gasteiger partial charge in [-0.2, -0.15) is 0 Å². The number of benzene rings is 2. The van der Waals surface area contributed by atoms with Crippen molar-refractivity contribution in [1.82, 2.24) is 5.32 Å². The van der Waals surface area contributed by atoms with E-state index in [1.54, 1.807) is 25.1 Å². The van der Waals surface area contributed by atoms with Crippen LogP contribution in [-0.2, 0) is 0 Å². The minimum atomic E-state index is -0.571. The number of nitrogens with zero attached hydrogens (tertiary/aromatic N) is 1. The standard InChI is InChI=1S/C15H11Cl2N3O3S/c1-8-5-13(20(22)23)11(17)7-12(8)18-15(24)19-14(21)9-3-2-4-10(16)6-9/h2-7H,1H3,(H2,18,19,21,24). The second kappa shape index (κ2) is 7.57. The molecule has 1 amide bonds. The molecule has 0 saturated heterocycles. The first-order chi connectivity index (χ1) is 11.3. The molecular formula is C15H11Cl2N3O3S. The number of amides is 1. The largest absolute Gasteiger partial charge is 0.332 e. The molecule has 2 N–H and O–H groups in total. The predicted molar refractivity (Wildman–Crippen MR) is 98.0 cm³/mol. The van der Waals surface area contributed by atoms with Gasteiger partial charge in [0.05, 0.1) is 4.92 Å². The Labute approximate surface area is 152 Å². The van der Waals surface area contributed by atoms with Crippen molar-refractivity contribution in [3.05, 3.63) is 67.7 Å². The van der Waals surface area contributed by atoms with Crippen LogP contribution < -0.4 is 10.6 Å². The van der Waals surface area contributed by atoms with Gasteiger partial charge in [0.1, 0.15) is 5.02 Å². The van der Waals surface area contributed by atoms with Crippen molar-refractivity contribution in [2.75, 3.05) is 5.32 Å². The molecule has 2 aromatic carbocycles. The Bertz CT molecular complexity index is 843. The molecule has 0 aliphatic heterocycles. The van der Waals surface area contributed by atoms with E-state index < -0.39 is 10.8 Å². The first-order valence-corrected chi connectivity index (χ1v) is 7.77. The van der Waals surface area contributed by atoms with Crippen LogP contribution in [0.1, 0.15) is 15.9 Å². The quantitative estimate of drug-likeness (QED) is 0.467. The van der Waals surface area contributed by atoms with E-state index in [0.717, 1.165) is 0 Å². The molecule has 9 heteroatoms.